The van der Waals surface area contributed by atoms with E-state index in [2.05, 4.69) is 13.8 Å². The van der Waals surface area contributed by atoms with E-state index in [0.29, 0.717) is 13.1 Å². The summed E-state index contributed by atoms with van der Waals surface area (Å²) >= 11 is 0. The molecule has 0 atom stereocenters. The first kappa shape index (κ1) is 42.8. The molecule has 0 radical (unpaired) electrons. The molecule has 0 heterocycles. The summed E-state index contributed by atoms with van der Waals surface area (Å²) in [6.45, 7) is 6.09. The van der Waals surface area contributed by atoms with Crippen molar-refractivity contribution in [3.8, 4) is 0 Å². The number of unbranched alkanes of at least 4 members (excludes halogenated alkanes) is 18. The summed E-state index contributed by atoms with van der Waals surface area (Å²) in [6, 6.07) is 0. The van der Waals surface area contributed by atoms with Crippen molar-refractivity contribution in [3.05, 3.63) is 24.3 Å². The predicted molar refractivity (Wildman–Crippen MR) is 169 cm³/mol. The number of aliphatic carboxylic acids is 2. The molecule has 0 saturated heterocycles. The number of nitrogens with zero attached hydrogens (tertiary/aromatic N) is 1. The molecule has 40 heavy (non-hydrogen) atoms. The van der Waals surface area contributed by atoms with E-state index in [1.54, 1.807) is 12.2 Å². The fourth-order valence-corrected chi connectivity index (χ4v) is 3.97. The Labute approximate surface area is 246 Å². The summed E-state index contributed by atoms with van der Waals surface area (Å²) in [5.41, 5.74) is 0. The van der Waals surface area contributed by atoms with Crippen LogP contribution in [-0.2, 0) is 9.59 Å². The summed E-state index contributed by atoms with van der Waals surface area (Å²) in [7, 11) is 1.85. The molecule has 0 saturated carbocycles. The van der Waals surface area contributed by atoms with Gasteiger partial charge in [-0.15, -0.1) is 0 Å². The van der Waals surface area contributed by atoms with Crippen molar-refractivity contribution in [1.82, 2.24) is 4.90 Å². The summed E-state index contributed by atoms with van der Waals surface area (Å²) in [5, 5.41) is 33.4. The van der Waals surface area contributed by atoms with Crippen molar-refractivity contribution in [2.24, 2.45) is 0 Å². The molecule has 0 aromatic heterocycles. The van der Waals surface area contributed by atoms with Gasteiger partial charge in [0.15, 0.2) is 0 Å². The molecule has 7 heteroatoms. The maximum Gasteiger partial charge on any atom is 0.327 e. The zero-order valence-corrected chi connectivity index (χ0v) is 26.3. The lowest BCUT2D eigenvalue weighted by Crippen LogP contribution is -2.25. The normalized spacial score (nSPS) is 10.9. The lowest BCUT2D eigenvalue weighted by atomic mass is 10.1. The van der Waals surface area contributed by atoms with Crippen LogP contribution in [0.15, 0.2) is 24.3 Å². The number of hydrogen-bond donors (Lipinski definition) is 4. The number of carbonyl (C=O) groups is 2. The van der Waals surface area contributed by atoms with E-state index < -0.39 is 11.9 Å². The van der Waals surface area contributed by atoms with Gasteiger partial charge in [-0.3, -0.25) is 0 Å². The molecule has 0 fully saturated rings. The number of carboxylic acids is 2. The lowest BCUT2D eigenvalue weighted by molar-refractivity contribution is -0.132. The van der Waals surface area contributed by atoms with Gasteiger partial charge in [0.1, 0.15) is 0 Å². The summed E-state index contributed by atoms with van der Waals surface area (Å²) in [4.78, 5) is 22.2. The van der Waals surface area contributed by atoms with Crippen LogP contribution < -0.4 is 0 Å². The summed E-state index contributed by atoms with van der Waals surface area (Å²) in [5.74, 6) is -1.67. The first-order chi connectivity index (χ1) is 19.3. The molecule has 0 amide bonds. The van der Waals surface area contributed by atoms with Gasteiger partial charge < -0.3 is 25.3 Å². The van der Waals surface area contributed by atoms with Crippen LogP contribution >= 0.6 is 0 Å². The lowest BCUT2D eigenvalue weighted by Gasteiger charge is -2.11. The number of aliphatic hydroxyl groups excluding tert-OH is 2. The van der Waals surface area contributed by atoms with Crippen molar-refractivity contribution in [2.75, 3.05) is 33.4 Å². The number of allylic oxidation sites excluding steroid dienone is 2. The van der Waals surface area contributed by atoms with E-state index in [1.807, 2.05) is 11.9 Å². The van der Waals surface area contributed by atoms with Crippen LogP contribution in [0.5, 0.6) is 0 Å². The Morgan fingerprint density at radius 1 is 0.525 bits per heavy atom. The molecular formula is C33H65NO6. The van der Waals surface area contributed by atoms with Gasteiger partial charge in [0.2, 0.25) is 0 Å². The minimum absolute atomic E-state index is 0.163. The van der Waals surface area contributed by atoms with Crippen LogP contribution in [0.2, 0.25) is 0 Å². The van der Waals surface area contributed by atoms with Gasteiger partial charge >= 0.3 is 11.9 Å². The first-order valence-electron chi connectivity index (χ1n) is 16.0. The summed E-state index contributed by atoms with van der Waals surface area (Å²) in [6.07, 6.45) is 31.4. The Hall–Kier alpha value is -1.70. The van der Waals surface area contributed by atoms with Gasteiger partial charge in [-0.25, -0.2) is 9.59 Å². The second-order valence-electron chi connectivity index (χ2n) is 10.5. The highest BCUT2D eigenvalue weighted by Gasteiger charge is 1.93. The van der Waals surface area contributed by atoms with Crippen molar-refractivity contribution in [3.63, 3.8) is 0 Å². The predicted octanol–water partition coefficient (Wildman–Crippen LogP) is 8.00. The van der Waals surface area contributed by atoms with Gasteiger partial charge in [-0.2, -0.15) is 0 Å². The number of carboxylic acid groups (broad SMARTS) is 2. The Bertz CT molecular complexity index is 517. The van der Waals surface area contributed by atoms with Gasteiger partial charge in [0, 0.05) is 25.2 Å². The molecule has 0 aromatic carbocycles. The first-order valence-corrected chi connectivity index (χ1v) is 16.0. The topological polar surface area (TPSA) is 118 Å². The van der Waals surface area contributed by atoms with E-state index >= 15 is 0 Å². The highest BCUT2D eigenvalue weighted by Crippen LogP contribution is 2.11. The largest absolute Gasteiger partial charge is 0.478 e. The zero-order chi connectivity index (χ0) is 30.5. The van der Waals surface area contributed by atoms with Crippen molar-refractivity contribution in [1.29, 1.82) is 0 Å². The van der Waals surface area contributed by atoms with E-state index in [0.717, 1.165) is 25.7 Å². The van der Waals surface area contributed by atoms with Gasteiger partial charge in [-0.05, 0) is 32.7 Å². The van der Waals surface area contributed by atoms with Crippen LogP contribution in [0.25, 0.3) is 0 Å². The van der Waals surface area contributed by atoms with Crippen LogP contribution in [0.4, 0.5) is 0 Å². The Kier molecular flexibility index (Phi) is 42.2. The van der Waals surface area contributed by atoms with Gasteiger partial charge in [-0.1, -0.05) is 129 Å². The third-order valence-corrected chi connectivity index (χ3v) is 6.43. The molecule has 0 aliphatic carbocycles. The van der Waals surface area contributed by atoms with Crippen LogP contribution in [-0.4, -0.2) is 70.6 Å². The van der Waals surface area contributed by atoms with Crippen molar-refractivity contribution in [2.45, 2.75) is 142 Å². The molecule has 0 aliphatic rings. The zero-order valence-electron chi connectivity index (χ0n) is 26.3. The fraction of sp³-hybridized carbons (Fsp3) is 0.818. The molecular weight excluding hydrogens is 506 g/mol. The monoisotopic (exact) mass is 571 g/mol. The molecule has 0 rings (SSSR count). The van der Waals surface area contributed by atoms with Crippen LogP contribution in [0.3, 0.4) is 0 Å². The van der Waals surface area contributed by atoms with Crippen molar-refractivity contribution >= 4 is 11.9 Å². The minimum atomic E-state index is -0.837. The molecule has 238 valence electrons. The van der Waals surface area contributed by atoms with Crippen LogP contribution in [0, 0.1) is 0 Å². The SMILES string of the molecule is CCCCCCCCCCCC=CC(=O)O.CCCCCCCCCCCC=CC(=O)O.CN(CCO)CCO. The number of likely N-dealkylation sites (N-methyl/N-ethyl adjacent to an activating group) is 1. The molecule has 4 N–H and O–H groups in total. The third kappa shape index (κ3) is 49.3. The standard InChI is InChI=1S/2C14H26O2.C5H13NO2/c2*1-2-3-4-5-6-7-8-9-10-11-12-13-14(15)16;1-6(2-4-7)3-5-8/h2*12-13H,2-11H2,1H3,(H,15,16);7-8H,2-5H2,1H3. The average Bonchev–Trinajstić information content (AvgIpc) is 2.91. The van der Waals surface area contributed by atoms with Crippen molar-refractivity contribution < 1.29 is 30.0 Å². The fourth-order valence-electron chi connectivity index (χ4n) is 3.97. The minimum Gasteiger partial charge on any atom is -0.478 e. The molecule has 0 unspecified atom stereocenters. The maximum atomic E-state index is 10.2. The van der Waals surface area contributed by atoms with E-state index in [1.165, 1.54) is 115 Å². The molecule has 7 nitrogen and oxygen atoms in total. The second-order valence-corrected chi connectivity index (χ2v) is 10.5. The second kappa shape index (κ2) is 39.4. The molecule has 0 bridgehead atoms. The van der Waals surface area contributed by atoms with Gasteiger partial charge in [0.05, 0.1) is 13.2 Å². The highest BCUT2D eigenvalue weighted by atomic mass is 16.4. The van der Waals surface area contributed by atoms with E-state index in [-0.39, 0.29) is 13.2 Å². The average molecular weight is 572 g/mol. The molecule has 0 aromatic rings. The van der Waals surface area contributed by atoms with Crippen LogP contribution in [0.1, 0.15) is 142 Å². The third-order valence-electron chi connectivity index (χ3n) is 6.43. The quantitative estimate of drug-likeness (QED) is 0.0613. The number of hydrogen-bond acceptors (Lipinski definition) is 5. The van der Waals surface area contributed by atoms with E-state index in [9.17, 15) is 9.59 Å². The smallest absolute Gasteiger partial charge is 0.327 e. The Morgan fingerprint density at radius 2 is 0.800 bits per heavy atom. The number of rotatable bonds is 26. The Balaban J connectivity index is -0.000000543. The Morgan fingerprint density at radius 3 is 1.05 bits per heavy atom. The number of aliphatic hydroxyl groups is 2. The summed E-state index contributed by atoms with van der Waals surface area (Å²) < 4.78 is 0. The van der Waals surface area contributed by atoms with E-state index in [4.69, 9.17) is 20.4 Å². The molecule has 0 aliphatic heterocycles. The van der Waals surface area contributed by atoms with Gasteiger partial charge in [0.25, 0.3) is 0 Å². The highest BCUT2D eigenvalue weighted by molar-refractivity contribution is 5.79. The molecule has 0 spiro atoms. The maximum absolute atomic E-state index is 10.2.